The second-order valence-corrected chi connectivity index (χ2v) is 6.32. The molecule has 0 aliphatic carbocycles. The maximum atomic E-state index is 4.69. The molecule has 5 nitrogen and oxygen atoms in total. The molecular formula is C16H23N5. The van der Waals surface area contributed by atoms with Crippen LogP contribution in [0.25, 0.3) is 11.0 Å². The molecule has 0 spiro atoms. The van der Waals surface area contributed by atoms with E-state index in [4.69, 9.17) is 0 Å². The zero-order chi connectivity index (χ0) is 14.2. The second kappa shape index (κ2) is 5.30. The van der Waals surface area contributed by atoms with E-state index in [1.807, 2.05) is 19.6 Å². The third-order valence-electron chi connectivity index (χ3n) is 5.01. The molecule has 0 amide bonds. The average Bonchev–Trinajstić information content (AvgIpc) is 3.18. The standard InChI is InChI=1S/C16H23N5/c1-20-11-19-15-14(20)7-9-18-16(15)21-10-3-2-6-13(21)12-5-4-8-17-12/h7,9,11-13,17H,2-6,8,10H2,1H3. The van der Waals surface area contributed by atoms with Crippen molar-refractivity contribution in [1.82, 2.24) is 19.9 Å². The normalized spacial score (nSPS) is 26.6. The molecular weight excluding hydrogens is 262 g/mol. The number of hydrogen-bond acceptors (Lipinski definition) is 4. The summed E-state index contributed by atoms with van der Waals surface area (Å²) in [6.07, 6.45) is 10.3. The van der Waals surface area contributed by atoms with Crippen LogP contribution in [0, 0.1) is 0 Å². The fourth-order valence-corrected chi connectivity index (χ4v) is 3.94. The first kappa shape index (κ1) is 13.1. The van der Waals surface area contributed by atoms with Crippen LogP contribution in [-0.2, 0) is 7.05 Å². The van der Waals surface area contributed by atoms with Crippen molar-refractivity contribution in [1.29, 1.82) is 0 Å². The number of imidazole rings is 1. The Labute approximate surface area is 125 Å². The number of nitrogens with zero attached hydrogens (tertiary/aromatic N) is 4. The Morgan fingerprint density at radius 1 is 1.19 bits per heavy atom. The average molecular weight is 285 g/mol. The van der Waals surface area contributed by atoms with Crippen LogP contribution in [0.2, 0.25) is 0 Å². The lowest BCUT2D eigenvalue weighted by Crippen LogP contribution is -2.50. The van der Waals surface area contributed by atoms with Gasteiger partial charge in [0.1, 0.15) is 5.52 Å². The molecule has 2 saturated heterocycles. The van der Waals surface area contributed by atoms with Crippen LogP contribution >= 0.6 is 0 Å². The molecule has 2 unspecified atom stereocenters. The summed E-state index contributed by atoms with van der Waals surface area (Å²) in [7, 11) is 2.05. The quantitative estimate of drug-likeness (QED) is 0.917. The fraction of sp³-hybridized carbons (Fsp3) is 0.625. The molecule has 112 valence electrons. The smallest absolute Gasteiger partial charge is 0.157 e. The zero-order valence-corrected chi connectivity index (χ0v) is 12.6. The summed E-state index contributed by atoms with van der Waals surface area (Å²) in [5.41, 5.74) is 2.22. The van der Waals surface area contributed by atoms with Gasteiger partial charge in [-0.25, -0.2) is 9.97 Å². The number of aryl methyl sites for hydroxylation is 1. The van der Waals surface area contributed by atoms with E-state index in [9.17, 15) is 0 Å². The van der Waals surface area contributed by atoms with Gasteiger partial charge in [-0.2, -0.15) is 0 Å². The van der Waals surface area contributed by atoms with E-state index in [0.717, 1.165) is 24.4 Å². The molecule has 2 aliphatic rings. The van der Waals surface area contributed by atoms with Crippen molar-refractivity contribution in [2.75, 3.05) is 18.0 Å². The van der Waals surface area contributed by atoms with E-state index in [-0.39, 0.29) is 0 Å². The number of aromatic nitrogens is 3. The summed E-state index contributed by atoms with van der Waals surface area (Å²) in [4.78, 5) is 11.8. The van der Waals surface area contributed by atoms with Gasteiger partial charge in [-0.15, -0.1) is 0 Å². The topological polar surface area (TPSA) is 46.0 Å². The zero-order valence-electron chi connectivity index (χ0n) is 12.6. The van der Waals surface area contributed by atoms with Gasteiger partial charge in [-0.1, -0.05) is 0 Å². The first-order valence-corrected chi connectivity index (χ1v) is 8.10. The summed E-state index contributed by atoms with van der Waals surface area (Å²) < 4.78 is 2.08. The van der Waals surface area contributed by atoms with Gasteiger partial charge in [-0.05, 0) is 44.7 Å². The molecule has 1 N–H and O–H groups in total. The van der Waals surface area contributed by atoms with E-state index >= 15 is 0 Å². The van der Waals surface area contributed by atoms with E-state index < -0.39 is 0 Å². The molecule has 0 aromatic carbocycles. The minimum Gasteiger partial charge on any atom is -0.350 e. The molecule has 4 heterocycles. The van der Waals surface area contributed by atoms with E-state index in [2.05, 4.69) is 30.8 Å². The molecule has 5 heteroatoms. The molecule has 2 fully saturated rings. The van der Waals surface area contributed by atoms with E-state index in [1.165, 1.54) is 37.6 Å². The minimum absolute atomic E-state index is 0.571. The molecule has 0 saturated carbocycles. The van der Waals surface area contributed by atoms with Crippen molar-refractivity contribution in [3.05, 3.63) is 18.6 Å². The van der Waals surface area contributed by atoms with Crippen LogP contribution in [0.5, 0.6) is 0 Å². The van der Waals surface area contributed by atoms with Crippen molar-refractivity contribution in [2.24, 2.45) is 7.05 Å². The lowest BCUT2D eigenvalue weighted by atomic mass is 9.94. The molecule has 4 rings (SSSR count). The second-order valence-electron chi connectivity index (χ2n) is 6.32. The van der Waals surface area contributed by atoms with Crippen molar-refractivity contribution in [3.63, 3.8) is 0 Å². The Morgan fingerprint density at radius 3 is 3.00 bits per heavy atom. The molecule has 2 aromatic heterocycles. The lowest BCUT2D eigenvalue weighted by Gasteiger charge is -2.40. The van der Waals surface area contributed by atoms with Gasteiger partial charge in [-0.3, -0.25) is 0 Å². The minimum atomic E-state index is 0.571. The first-order chi connectivity index (χ1) is 10.3. The Kier molecular flexibility index (Phi) is 3.30. The number of nitrogens with one attached hydrogen (secondary N) is 1. The Morgan fingerprint density at radius 2 is 2.14 bits per heavy atom. The third-order valence-corrected chi connectivity index (χ3v) is 5.01. The number of fused-ring (bicyclic) bond motifs is 1. The number of piperidine rings is 1. The number of pyridine rings is 1. The van der Waals surface area contributed by atoms with E-state index in [0.29, 0.717) is 12.1 Å². The first-order valence-electron chi connectivity index (χ1n) is 8.10. The highest BCUT2D eigenvalue weighted by Crippen LogP contribution is 2.31. The summed E-state index contributed by atoms with van der Waals surface area (Å²) in [6, 6.07) is 3.24. The van der Waals surface area contributed by atoms with Crippen LogP contribution in [0.15, 0.2) is 18.6 Å². The largest absolute Gasteiger partial charge is 0.350 e. The van der Waals surface area contributed by atoms with Gasteiger partial charge in [0.25, 0.3) is 0 Å². The molecule has 0 bridgehead atoms. The summed E-state index contributed by atoms with van der Waals surface area (Å²) >= 11 is 0. The Hall–Kier alpha value is -1.62. The van der Waals surface area contributed by atoms with Crippen molar-refractivity contribution < 1.29 is 0 Å². The summed E-state index contributed by atoms with van der Waals surface area (Å²) in [6.45, 7) is 2.27. The highest BCUT2D eigenvalue weighted by atomic mass is 15.3. The third kappa shape index (κ3) is 2.20. The highest BCUT2D eigenvalue weighted by molar-refractivity contribution is 5.86. The predicted octanol–water partition coefficient (Wildman–Crippen LogP) is 2.08. The SMILES string of the molecule is Cn1cnc2c(N3CCCCC3C3CCCN3)nccc21. The summed E-state index contributed by atoms with van der Waals surface area (Å²) in [5, 5.41) is 3.68. The van der Waals surface area contributed by atoms with Crippen LogP contribution in [0.3, 0.4) is 0 Å². The van der Waals surface area contributed by atoms with E-state index in [1.54, 1.807) is 0 Å². The van der Waals surface area contributed by atoms with Crippen LogP contribution in [0.4, 0.5) is 5.82 Å². The maximum absolute atomic E-state index is 4.69. The van der Waals surface area contributed by atoms with Gasteiger partial charge in [0, 0.05) is 31.9 Å². The fourth-order valence-electron chi connectivity index (χ4n) is 3.94. The van der Waals surface area contributed by atoms with Gasteiger partial charge < -0.3 is 14.8 Å². The van der Waals surface area contributed by atoms with Crippen molar-refractivity contribution in [2.45, 2.75) is 44.2 Å². The van der Waals surface area contributed by atoms with Gasteiger partial charge in [0.2, 0.25) is 0 Å². The van der Waals surface area contributed by atoms with Crippen molar-refractivity contribution in [3.8, 4) is 0 Å². The maximum Gasteiger partial charge on any atom is 0.157 e. The van der Waals surface area contributed by atoms with Crippen molar-refractivity contribution >= 4 is 16.9 Å². The Balaban J connectivity index is 1.74. The lowest BCUT2D eigenvalue weighted by molar-refractivity contribution is 0.377. The molecule has 21 heavy (non-hydrogen) atoms. The number of anilines is 1. The highest BCUT2D eigenvalue weighted by Gasteiger charge is 2.33. The Bertz CT molecular complexity index is 629. The molecule has 0 radical (unpaired) electrons. The monoisotopic (exact) mass is 285 g/mol. The predicted molar refractivity (Wildman–Crippen MR) is 84.5 cm³/mol. The van der Waals surface area contributed by atoms with Crippen LogP contribution in [0.1, 0.15) is 32.1 Å². The summed E-state index contributed by atoms with van der Waals surface area (Å²) in [5.74, 6) is 1.08. The van der Waals surface area contributed by atoms with Crippen LogP contribution in [-0.4, -0.2) is 39.7 Å². The van der Waals surface area contributed by atoms with Crippen LogP contribution < -0.4 is 10.2 Å². The molecule has 2 atom stereocenters. The van der Waals surface area contributed by atoms with Gasteiger partial charge in [0.15, 0.2) is 5.82 Å². The van der Waals surface area contributed by atoms with Gasteiger partial charge in [0.05, 0.1) is 11.8 Å². The number of rotatable bonds is 2. The molecule has 2 aliphatic heterocycles. The number of hydrogen-bond donors (Lipinski definition) is 1. The van der Waals surface area contributed by atoms with Gasteiger partial charge >= 0.3 is 0 Å². The molecule has 2 aromatic rings.